The summed E-state index contributed by atoms with van der Waals surface area (Å²) in [6.07, 6.45) is 2.31. The van der Waals surface area contributed by atoms with Gasteiger partial charge in [-0.05, 0) is 43.1 Å². The molecule has 0 saturated heterocycles. The third kappa shape index (κ3) is 1.63. The fraction of sp³-hybridized carbons (Fsp3) is 0.400. The molecule has 3 heteroatoms. The molecule has 0 aliphatic heterocycles. The summed E-state index contributed by atoms with van der Waals surface area (Å²) in [6, 6.07) is 4.51. The van der Waals surface area contributed by atoms with Crippen molar-refractivity contribution in [3.63, 3.8) is 0 Å². The summed E-state index contributed by atoms with van der Waals surface area (Å²) in [4.78, 5) is 0. The largest absolute Gasteiger partial charge is 0.313 e. The van der Waals surface area contributed by atoms with E-state index in [2.05, 4.69) is 27.3 Å². The molecule has 1 aromatic rings. The lowest BCUT2D eigenvalue weighted by Crippen LogP contribution is -2.12. The van der Waals surface area contributed by atoms with Gasteiger partial charge in [0.25, 0.3) is 0 Å². The molecule has 1 unspecified atom stereocenters. The molecule has 1 aromatic carbocycles. The minimum Gasteiger partial charge on any atom is -0.313 e. The van der Waals surface area contributed by atoms with E-state index in [9.17, 15) is 0 Å². The zero-order valence-corrected chi connectivity index (χ0v) is 9.74. The smallest absolute Gasteiger partial charge is 0.0420 e. The monoisotopic (exact) mass is 259 g/mol. The third-order valence-electron chi connectivity index (χ3n) is 2.60. The van der Waals surface area contributed by atoms with Crippen LogP contribution in [-0.4, -0.2) is 7.05 Å². The molecule has 0 heterocycles. The number of benzene rings is 1. The van der Waals surface area contributed by atoms with Gasteiger partial charge in [0.05, 0.1) is 0 Å². The Bertz CT molecular complexity index is 338. The van der Waals surface area contributed by atoms with Crippen LogP contribution < -0.4 is 5.32 Å². The highest BCUT2D eigenvalue weighted by molar-refractivity contribution is 9.10. The predicted octanol–water partition coefficient (Wildman–Crippen LogP) is 3.31. The second-order valence-electron chi connectivity index (χ2n) is 3.34. The van der Waals surface area contributed by atoms with E-state index in [1.165, 1.54) is 17.5 Å². The summed E-state index contributed by atoms with van der Waals surface area (Å²) in [5, 5.41) is 4.11. The van der Waals surface area contributed by atoms with Crippen LogP contribution >= 0.6 is 27.5 Å². The van der Waals surface area contributed by atoms with Crippen LogP contribution in [0.4, 0.5) is 0 Å². The van der Waals surface area contributed by atoms with Crippen molar-refractivity contribution in [2.24, 2.45) is 0 Å². The van der Waals surface area contributed by atoms with Gasteiger partial charge in [-0.3, -0.25) is 0 Å². The van der Waals surface area contributed by atoms with E-state index in [1.807, 2.05) is 13.1 Å². The van der Waals surface area contributed by atoms with Crippen LogP contribution in [0.2, 0.25) is 5.02 Å². The average Bonchev–Trinajstić information content (AvgIpc) is 2.47. The Morgan fingerprint density at radius 3 is 3.00 bits per heavy atom. The molecule has 2 rings (SSSR count). The molecule has 0 aromatic heterocycles. The van der Waals surface area contributed by atoms with Gasteiger partial charge in [-0.15, -0.1) is 0 Å². The van der Waals surface area contributed by atoms with Crippen molar-refractivity contribution >= 4 is 27.5 Å². The Labute approximate surface area is 91.6 Å². The van der Waals surface area contributed by atoms with E-state index >= 15 is 0 Å². The van der Waals surface area contributed by atoms with Crippen molar-refractivity contribution in [2.75, 3.05) is 7.05 Å². The minimum atomic E-state index is 0.477. The first-order chi connectivity index (χ1) is 6.22. The molecule has 0 saturated carbocycles. The summed E-state index contributed by atoms with van der Waals surface area (Å²) in [5.74, 6) is 0. The summed E-state index contributed by atoms with van der Waals surface area (Å²) in [7, 11) is 1.99. The van der Waals surface area contributed by atoms with Crippen LogP contribution in [0.1, 0.15) is 23.6 Å². The first-order valence-corrected chi connectivity index (χ1v) is 5.54. The van der Waals surface area contributed by atoms with Gasteiger partial charge in [-0.2, -0.15) is 0 Å². The van der Waals surface area contributed by atoms with E-state index in [0.717, 1.165) is 15.9 Å². The number of nitrogens with one attached hydrogen (secondary N) is 1. The van der Waals surface area contributed by atoms with E-state index in [1.54, 1.807) is 0 Å². The lowest BCUT2D eigenvalue weighted by Gasteiger charge is -2.10. The zero-order chi connectivity index (χ0) is 9.42. The van der Waals surface area contributed by atoms with Gasteiger partial charge in [-0.25, -0.2) is 0 Å². The topological polar surface area (TPSA) is 12.0 Å². The Hall–Kier alpha value is -0.0500. The summed E-state index contributed by atoms with van der Waals surface area (Å²) >= 11 is 9.54. The highest BCUT2D eigenvalue weighted by atomic mass is 79.9. The van der Waals surface area contributed by atoms with Gasteiger partial charge >= 0.3 is 0 Å². The maximum atomic E-state index is 5.99. The van der Waals surface area contributed by atoms with Crippen molar-refractivity contribution in [3.05, 3.63) is 32.8 Å². The molecule has 1 aliphatic carbocycles. The molecule has 0 amide bonds. The Morgan fingerprint density at radius 2 is 2.31 bits per heavy atom. The molecular formula is C10H11BrClN. The first kappa shape index (κ1) is 9.50. The molecule has 1 N–H and O–H groups in total. The SMILES string of the molecule is CNC1CCc2c(Br)cc(Cl)cc21. The second kappa shape index (κ2) is 3.60. The van der Waals surface area contributed by atoms with E-state index in [4.69, 9.17) is 11.6 Å². The summed E-state index contributed by atoms with van der Waals surface area (Å²) in [6.45, 7) is 0. The predicted molar refractivity (Wildman–Crippen MR) is 59.3 cm³/mol. The molecule has 0 fully saturated rings. The van der Waals surface area contributed by atoms with E-state index in [-0.39, 0.29) is 0 Å². The van der Waals surface area contributed by atoms with Crippen LogP contribution in [0.5, 0.6) is 0 Å². The number of hydrogen-bond acceptors (Lipinski definition) is 1. The van der Waals surface area contributed by atoms with Crippen LogP contribution in [0.3, 0.4) is 0 Å². The van der Waals surface area contributed by atoms with Gasteiger partial charge in [0.1, 0.15) is 0 Å². The highest BCUT2D eigenvalue weighted by Crippen LogP contribution is 2.37. The normalized spacial score (nSPS) is 20.4. The molecule has 13 heavy (non-hydrogen) atoms. The molecule has 0 bridgehead atoms. The molecule has 0 radical (unpaired) electrons. The van der Waals surface area contributed by atoms with Crippen LogP contribution in [-0.2, 0) is 6.42 Å². The van der Waals surface area contributed by atoms with Gasteiger partial charge in [0.15, 0.2) is 0 Å². The maximum absolute atomic E-state index is 5.99. The standard InChI is InChI=1S/C10H11BrClN/c1-13-10-3-2-7-8(10)4-6(12)5-9(7)11/h4-5,10,13H,2-3H2,1H3. The van der Waals surface area contributed by atoms with Crippen molar-refractivity contribution in [2.45, 2.75) is 18.9 Å². The molecule has 70 valence electrons. The van der Waals surface area contributed by atoms with Crippen LogP contribution in [0.25, 0.3) is 0 Å². The molecule has 1 aliphatic rings. The highest BCUT2D eigenvalue weighted by Gasteiger charge is 2.23. The zero-order valence-electron chi connectivity index (χ0n) is 7.40. The maximum Gasteiger partial charge on any atom is 0.0420 e. The van der Waals surface area contributed by atoms with Crippen molar-refractivity contribution in [1.82, 2.24) is 5.32 Å². The van der Waals surface area contributed by atoms with Gasteiger partial charge in [-0.1, -0.05) is 27.5 Å². The fourth-order valence-corrected chi connectivity index (χ4v) is 2.97. The fourth-order valence-electron chi connectivity index (χ4n) is 1.94. The summed E-state index contributed by atoms with van der Waals surface area (Å²) in [5.41, 5.74) is 2.76. The van der Waals surface area contributed by atoms with Gasteiger partial charge < -0.3 is 5.32 Å². The van der Waals surface area contributed by atoms with E-state index in [0.29, 0.717) is 6.04 Å². The van der Waals surface area contributed by atoms with Crippen LogP contribution in [0, 0.1) is 0 Å². The molecular weight excluding hydrogens is 249 g/mol. The van der Waals surface area contributed by atoms with Gasteiger partial charge in [0.2, 0.25) is 0 Å². The van der Waals surface area contributed by atoms with Gasteiger partial charge in [0, 0.05) is 15.5 Å². The third-order valence-corrected chi connectivity index (χ3v) is 3.53. The molecule has 0 spiro atoms. The Morgan fingerprint density at radius 1 is 1.54 bits per heavy atom. The van der Waals surface area contributed by atoms with E-state index < -0.39 is 0 Å². The minimum absolute atomic E-state index is 0.477. The number of rotatable bonds is 1. The molecule has 1 nitrogen and oxygen atoms in total. The Balaban J connectivity index is 2.51. The van der Waals surface area contributed by atoms with Crippen LogP contribution in [0.15, 0.2) is 16.6 Å². The second-order valence-corrected chi connectivity index (χ2v) is 4.63. The first-order valence-electron chi connectivity index (χ1n) is 4.37. The lowest BCUT2D eigenvalue weighted by molar-refractivity contribution is 0.590. The van der Waals surface area contributed by atoms with Crippen molar-refractivity contribution in [3.8, 4) is 0 Å². The number of fused-ring (bicyclic) bond motifs is 1. The quantitative estimate of drug-likeness (QED) is 0.817. The number of hydrogen-bond donors (Lipinski definition) is 1. The number of halogens is 2. The summed E-state index contributed by atoms with van der Waals surface area (Å²) < 4.78 is 1.15. The van der Waals surface area contributed by atoms with Crippen molar-refractivity contribution < 1.29 is 0 Å². The lowest BCUT2D eigenvalue weighted by atomic mass is 10.1. The average molecular weight is 261 g/mol. The molecule has 1 atom stereocenters. The Kier molecular flexibility index (Phi) is 2.63. The van der Waals surface area contributed by atoms with Crippen molar-refractivity contribution in [1.29, 1.82) is 0 Å².